The van der Waals surface area contributed by atoms with Gasteiger partial charge in [0, 0.05) is 7.11 Å². The molecule has 0 aliphatic heterocycles. The van der Waals surface area contributed by atoms with Crippen molar-refractivity contribution in [2.75, 3.05) is 7.11 Å². The third-order valence-electron chi connectivity index (χ3n) is 1.81. The van der Waals surface area contributed by atoms with E-state index in [4.69, 9.17) is 9.84 Å². The number of nitrogens with zero attached hydrogens (tertiary/aromatic N) is 4. The molecule has 0 aliphatic rings. The van der Waals surface area contributed by atoms with E-state index in [1.165, 1.54) is 14.0 Å². The lowest BCUT2D eigenvalue weighted by atomic mass is 10.2. The Hall–Kier alpha value is -1.54. The predicted octanol–water partition coefficient (Wildman–Crippen LogP) is -1.17. The van der Waals surface area contributed by atoms with Crippen molar-refractivity contribution in [2.45, 2.75) is 25.7 Å². The van der Waals surface area contributed by atoms with Crippen LogP contribution in [0.2, 0.25) is 0 Å². The molecule has 1 heterocycles. The van der Waals surface area contributed by atoms with E-state index in [2.05, 4.69) is 15.5 Å². The van der Waals surface area contributed by atoms with Gasteiger partial charge in [0.2, 0.25) is 0 Å². The lowest BCUT2D eigenvalue weighted by molar-refractivity contribution is -0.144. The van der Waals surface area contributed by atoms with Gasteiger partial charge in [-0.1, -0.05) is 0 Å². The van der Waals surface area contributed by atoms with Gasteiger partial charge in [0.05, 0.1) is 6.10 Å². The second kappa shape index (κ2) is 4.80. The Morgan fingerprint density at radius 1 is 1.67 bits per heavy atom. The minimum absolute atomic E-state index is 0.0868. The Bertz CT molecular complexity index is 337. The summed E-state index contributed by atoms with van der Waals surface area (Å²) in [5, 5.41) is 28.6. The maximum atomic E-state index is 10.9. The molecule has 0 spiro atoms. The van der Waals surface area contributed by atoms with Crippen LogP contribution in [0.25, 0.3) is 0 Å². The van der Waals surface area contributed by atoms with Gasteiger partial charge in [0.1, 0.15) is 6.61 Å². The molecule has 1 rings (SSSR count). The number of rotatable bonds is 5. The van der Waals surface area contributed by atoms with E-state index in [0.29, 0.717) is 0 Å². The number of aliphatic hydroxyl groups excluding tert-OH is 1. The summed E-state index contributed by atoms with van der Waals surface area (Å²) in [5.41, 5.74) is 0. The number of aromatic nitrogens is 4. The molecule has 0 aliphatic carbocycles. The number of carboxylic acid groups (broad SMARTS) is 1. The van der Waals surface area contributed by atoms with Crippen LogP contribution in [0.1, 0.15) is 18.8 Å². The largest absolute Gasteiger partial charge is 0.480 e. The summed E-state index contributed by atoms with van der Waals surface area (Å²) in [6.45, 7) is 1.44. The molecule has 0 bridgehead atoms. The summed E-state index contributed by atoms with van der Waals surface area (Å²) in [5.74, 6) is -0.944. The molecule has 8 heteroatoms. The molecule has 2 unspecified atom stereocenters. The summed E-state index contributed by atoms with van der Waals surface area (Å²) in [6.07, 6.45) is -1.10. The van der Waals surface area contributed by atoms with Crippen LogP contribution in [0.4, 0.5) is 0 Å². The fourth-order valence-corrected chi connectivity index (χ4v) is 1.17. The molecule has 8 nitrogen and oxygen atoms in total. The first-order valence-electron chi connectivity index (χ1n) is 4.24. The molecular weight excluding hydrogens is 204 g/mol. The number of carbonyl (C=O) groups is 1. The van der Waals surface area contributed by atoms with Crippen molar-refractivity contribution in [3.05, 3.63) is 5.82 Å². The van der Waals surface area contributed by atoms with Gasteiger partial charge in [-0.2, -0.15) is 0 Å². The molecule has 84 valence electrons. The van der Waals surface area contributed by atoms with Crippen LogP contribution in [-0.2, 0) is 16.1 Å². The van der Waals surface area contributed by atoms with E-state index in [9.17, 15) is 9.90 Å². The van der Waals surface area contributed by atoms with Gasteiger partial charge in [-0.15, -0.1) is 5.10 Å². The smallest absolute Gasteiger partial charge is 0.331 e. The monoisotopic (exact) mass is 216 g/mol. The first kappa shape index (κ1) is 11.5. The summed E-state index contributed by atoms with van der Waals surface area (Å²) in [7, 11) is 1.44. The number of hydrogen-bond acceptors (Lipinski definition) is 6. The van der Waals surface area contributed by atoms with Gasteiger partial charge < -0.3 is 14.9 Å². The number of ether oxygens (including phenoxy) is 1. The van der Waals surface area contributed by atoms with Crippen LogP contribution < -0.4 is 0 Å². The number of hydrogen-bond donors (Lipinski definition) is 2. The normalized spacial score (nSPS) is 14.9. The van der Waals surface area contributed by atoms with E-state index < -0.39 is 18.1 Å². The standard InChI is InChI=1S/C7H12N4O4/c1-4(12)6(7(13)14)11-5(3-15-2)8-9-10-11/h4,6,12H,3H2,1-2H3,(H,13,14). The first-order chi connectivity index (χ1) is 7.07. The van der Waals surface area contributed by atoms with Crippen LogP contribution in [0, 0.1) is 0 Å². The molecule has 0 aromatic carbocycles. The van der Waals surface area contributed by atoms with Crippen LogP contribution in [-0.4, -0.2) is 49.6 Å². The fraction of sp³-hybridized carbons (Fsp3) is 0.714. The minimum Gasteiger partial charge on any atom is -0.480 e. The van der Waals surface area contributed by atoms with E-state index in [1.54, 1.807) is 0 Å². The van der Waals surface area contributed by atoms with Crippen LogP contribution in [0.5, 0.6) is 0 Å². The van der Waals surface area contributed by atoms with E-state index in [0.717, 1.165) is 4.68 Å². The molecule has 15 heavy (non-hydrogen) atoms. The minimum atomic E-state index is -1.20. The maximum Gasteiger partial charge on any atom is 0.331 e. The summed E-state index contributed by atoms with van der Waals surface area (Å²) in [6, 6.07) is -1.20. The zero-order valence-electron chi connectivity index (χ0n) is 8.36. The number of aliphatic hydroxyl groups is 1. The van der Waals surface area contributed by atoms with Gasteiger partial charge in [-0.25, -0.2) is 9.48 Å². The number of methoxy groups -OCH3 is 1. The van der Waals surface area contributed by atoms with Gasteiger partial charge in [0.15, 0.2) is 11.9 Å². The molecule has 0 fully saturated rings. The van der Waals surface area contributed by atoms with Gasteiger partial charge in [-0.05, 0) is 17.4 Å². The van der Waals surface area contributed by atoms with Gasteiger partial charge in [-0.3, -0.25) is 0 Å². The quantitative estimate of drug-likeness (QED) is 0.637. The molecule has 0 saturated heterocycles. The highest BCUT2D eigenvalue weighted by atomic mass is 16.5. The number of aliphatic carboxylic acids is 1. The van der Waals surface area contributed by atoms with Crippen molar-refractivity contribution in [1.82, 2.24) is 20.2 Å². The van der Waals surface area contributed by atoms with Gasteiger partial charge in [0.25, 0.3) is 0 Å². The zero-order valence-corrected chi connectivity index (χ0v) is 8.36. The molecule has 2 atom stereocenters. The first-order valence-corrected chi connectivity index (χ1v) is 4.24. The van der Waals surface area contributed by atoms with E-state index >= 15 is 0 Å². The highest BCUT2D eigenvalue weighted by Crippen LogP contribution is 2.12. The van der Waals surface area contributed by atoms with Crippen molar-refractivity contribution < 1.29 is 19.7 Å². The Morgan fingerprint density at radius 3 is 2.80 bits per heavy atom. The molecular formula is C7H12N4O4. The van der Waals surface area contributed by atoms with Crippen LogP contribution in [0.15, 0.2) is 0 Å². The second-order valence-electron chi connectivity index (χ2n) is 3.00. The summed E-state index contributed by atoms with van der Waals surface area (Å²) >= 11 is 0. The Labute approximate surface area is 85.5 Å². The van der Waals surface area contributed by atoms with Crippen LogP contribution >= 0.6 is 0 Å². The van der Waals surface area contributed by atoms with Crippen molar-refractivity contribution >= 4 is 5.97 Å². The SMILES string of the molecule is COCc1nnnn1C(C(=O)O)C(C)O. The average Bonchev–Trinajstić information content (AvgIpc) is 2.53. The zero-order chi connectivity index (χ0) is 11.4. The summed E-state index contributed by atoms with van der Waals surface area (Å²) < 4.78 is 5.84. The molecule has 1 aromatic rings. The highest BCUT2D eigenvalue weighted by Gasteiger charge is 2.28. The Kier molecular flexibility index (Phi) is 3.69. The third kappa shape index (κ3) is 2.48. The van der Waals surface area contributed by atoms with Gasteiger partial charge >= 0.3 is 5.97 Å². The lowest BCUT2D eigenvalue weighted by Crippen LogP contribution is -2.31. The Morgan fingerprint density at radius 2 is 2.33 bits per heavy atom. The average molecular weight is 216 g/mol. The van der Waals surface area contributed by atoms with E-state index in [1.807, 2.05) is 0 Å². The third-order valence-corrected chi connectivity index (χ3v) is 1.81. The molecule has 2 N–H and O–H groups in total. The van der Waals surface area contributed by atoms with Crippen molar-refractivity contribution in [2.24, 2.45) is 0 Å². The lowest BCUT2D eigenvalue weighted by Gasteiger charge is -2.15. The van der Waals surface area contributed by atoms with Crippen molar-refractivity contribution in [3.8, 4) is 0 Å². The maximum absolute atomic E-state index is 10.9. The highest BCUT2D eigenvalue weighted by molar-refractivity contribution is 5.72. The molecule has 0 radical (unpaired) electrons. The predicted molar refractivity (Wildman–Crippen MR) is 46.9 cm³/mol. The number of carboxylic acids is 1. The molecule has 0 amide bonds. The van der Waals surface area contributed by atoms with Crippen LogP contribution in [0.3, 0.4) is 0 Å². The molecule has 0 saturated carbocycles. The molecule has 1 aromatic heterocycles. The van der Waals surface area contributed by atoms with E-state index in [-0.39, 0.29) is 12.4 Å². The Balaban J connectivity index is 3.00. The van der Waals surface area contributed by atoms with Crippen molar-refractivity contribution in [3.63, 3.8) is 0 Å². The second-order valence-corrected chi connectivity index (χ2v) is 3.00. The number of tetrazole rings is 1. The topological polar surface area (TPSA) is 110 Å². The van der Waals surface area contributed by atoms with Crippen molar-refractivity contribution in [1.29, 1.82) is 0 Å². The fourth-order valence-electron chi connectivity index (χ4n) is 1.17. The summed E-state index contributed by atoms with van der Waals surface area (Å²) in [4.78, 5) is 10.9.